The van der Waals surface area contributed by atoms with Crippen LogP contribution in [0.2, 0.25) is 0 Å². The predicted molar refractivity (Wildman–Crippen MR) is 94.0 cm³/mol. The number of fused-ring (bicyclic) bond motifs is 1. The van der Waals surface area contributed by atoms with E-state index in [1.165, 1.54) is 23.8 Å². The Kier molecular flexibility index (Phi) is 4.44. The van der Waals surface area contributed by atoms with Crippen LogP contribution in [0.4, 0.5) is 0 Å². The van der Waals surface area contributed by atoms with Crippen molar-refractivity contribution in [2.75, 3.05) is 7.11 Å². The van der Waals surface area contributed by atoms with Gasteiger partial charge >= 0.3 is 5.97 Å². The van der Waals surface area contributed by atoms with Crippen LogP contribution in [0.5, 0.6) is 0 Å². The highest BCUT2D eigenvalue weighted by Gasteiger charge is 2.50. The number of benzene rings is 1. The number of rotatable bonds is 6. The van der Waals surface area contributed by atoms with Crippen LogP contribution in [0.25, 0.3) is 0 Å². The van der Waals surface area contributed by atoms with Crippen molar-refractivity contribution in [3.8, 4) is 0 Å². The monoisotopic (exact) mass is 324 g/mol. The van der Waals surface area contributed by atoms with Gasteiger partial charge in [0.2, 0.25) is 0 Å². The number of allylic oxidation sites excluding steroid dienone is 4. The minimum atomic E-state index is -0.265. The summed E-state index contributed by atoms with van der Waals surface area (Å²) in [6.45, 7) is 4.15. The molecule has 0 amide bonds. The molecule has 1 aromatic rings. The third kappa shape index (κ3) is 2.83. The van der Waals surface area contributed by atoms with Gasteiger partial charge in [-0.1, -0.05) is 43.2 Å². The van der Waals surface area contributed by atoms with Gasteiger partial charge in [0, 0.05) is 11.0 Å². The molecule has 126 valence electrons. The van der Waals surface area contributed by atoms with Crippen molar-refractivity contribution < 1.29 is 14.3 Å². The standard InChI is InChI=1S/C21H24O3/c1-4-15-7-6-14(8-19(15)20(23)24-3)10-21-11-16(5-2)17(13-22)9-18(21)12-21/h6-9,13H,4-5,10-12H2,1-3H3. The summed E-state index contributed by atoms with van der Waals surface area (Å²) in [5.41, 5.74) is 6.54. The fourth-order valence-corrected chi connectivity index (χ4v) is 3.92. The molecule has 1 unspecified atom stereocenters. The summed E-state index contributed by atoms with van der Waals surface area (Å²) in [4.78, 5) is 23.3. The Morgan fingerprint density at radius 1 is 1.25 bits per heavy atom. The zero-order valence-electron chi connectivity index (χ0n) is 14.6. The minimum Gasteiger partial charge on any atom is -0.465 e. The van der Waals surface area contributed by atoms with Crippen molar-refractivity contribution in [3.05, 3.63) is 57.7 Å². The third-order valence-electron chi connectivity index (χ3n) is 5.43. The highest BCUT2D eigenvalue weighted by Crippen LogP contribution is 2.61. The fraction of sp³-hybridized carbons (Fsp3) is 0.429. The molecular weight excluding hydrogens is 300 g/mol. The van der Waals surface area contributed by atoms with Gasteiger partial charge in [-0.3, -0.25) is 4.79 Å². The van der Waals surface area contributed by atoms with Crippen molar-refractivity contribution in [2.24, 2.45) is 5.41 Å². The molecule has 1 saturated carbocycles. The summed E-state index contributed by atoms with van der Waals surface area (Å²) >= 11 is 0. The number of carbonyl (C=O) groups excluding carboxylic acids is 2. The molecule has 0 N–H and O–H groups in total. The first-order valence-electron chi connectivity index (χ1n) is 8.65. The smallest absolute Gasteiger partial charge is 0.338 e. The van der Waals surface area contributed by atoms with Crippen LogP contribution >= 0.6 is 0 Å². The van der Waals surface area contributed by atoms with Gasteiger partial charge in [0.1, 0.15) is 6.29 Å². The van der Waals surface area contributed by atoms with Crippen molar-refractivity contribution in [2.45, 2.75) is 46.0 Å². The maximum Gasteiger partial charge on any atom is 0.338 e. The molecule has 0 radical (unpaired) electrons. The maximum atomic E-state index is 12.0. The second-order valence-corrected chi connectivity index (χ2v) is 6.85. The molecule has 1 fully saturated rings. The van der Waals surface area contributed by atoms with Crippen LogP contribution in [0.15, 0.2) is 41.0 Å². The molecule has 0 aliphatic heterocycles. The largest absolute Gasteiger partial charge is 0.465 e. The highest BCUT2D eigenvalue weighted by atomic mass is 16.5. The molecule has 0 bridgehead atoms. The molecule has 3 heteroatoms. The summed E-state index contributed by atoms with van der Waals surface area (Å²) in [6.07, 6.45) is 7.73. The van der Waals surface area contributed by atoms with Crippen LogP contribution in [0, 0.1) is 5.41 Å². The fourth-order valence-electron chi connectivity index (χ4n) is 3.92. The molecule has 0 heterocycles. The third-order valence-corrected chi connectivity index (χ3v) is 5.43. The van der Waals surface area contributed by atoms with Crippen molar-refractivity contribution in [3.63, 3.8) is 0 Å². The van der Waals surface area contributed by atoms with E-state index in [0.717, 1.165) is 49.5 Å². The molecule has 2 aliphatic rings. The Hall–Kier alpha value is -2.16. The summed E-state index contributed by atoms with van der Waals surface area (Å²) in [6, 6.07) is 6.15. The second kappa shape index (κ2) is 6.39. The van der Waals surface area contributed by atoms with Crippen LogP contribution in [0.1, 0.15) is 54.6 Å². The predicted octanol–water partition coefficient (Wildman–Crippen LogP) is 4.20. The first kappa shape index (κ1) is 16.7. The molecule has 1 atom stereocenters. The molecule has 3 nitrogen and oxygen atoms in total. The number of aryl methyl sites for hydroxylation is 1. The average Bonchev–Trinajstić information content (AvgIpc) is 3.31. The number of methoxy groups -OCH3 is 1. The van der Waals surface area contributed by atoms with Crippen LogP contribution < -0.4 is 0 Å². The molecule has 0 spiro atoms. The average molecular weight is 324 g/mol. The summed E-state index contributed by atoms with van der Waals surface area (Å²) in [5.74, 6) is -0.265. The molecule has 0 aromatic heterocycles. The lowest BCUT2D eigenvalue weighted by molar-refractivity contribution is -0.104. The number of ether oxygens (including phenoxy) is 1. The molecule has 24 heavy (non-hydrogen) atoms. The quantitative estimate of drug-likeness (QED) is 0.582. The Labute approximate surface area is 143 Å². The van der Waals surface area contributed by atoms with Gasteiger partial charge in [0.25, 0.3) is 0 Å². The van der Waals surface area contributed by atoms with Gasteiger partial charge in [0.15, 0.2) is 0 Å². The first-order chi connectivity index (χ1) is 11.6. The van der Waals surface area contributed by atoms with E-state index in [0.29, 0.717) is 5.56 Å². The topological polar surface area (TPSA) is 43.4 Å². The summed E-state index contributed by atoms with van der Waals surface area (Å²) in [7, 11) is 1.43. The van der Waals surface area contributed by atoms with Crippen LogP contribution in [-0.4, -0.2) is 19.4 Å². The van der Waals surface area contributed by atoms with E-state index in [-0.39, 0.29) is 11.4 Å². The number of carbonyl (C=O) groups is 2. The van der Waals surface area contributed by atoms with Crippen molar-refractivity contribution >= 4 is 12.3 Å². The minimum absolute atomic E-state index is 0.166. The van der Waals surface area contributed by atoms with Gasteiger partial charge in [-0.15, -0.1) is 0 Å². The highest BCUT2D eigenvalue weighted by molar-refractivity contribution is 5.91. The SMILES string of the molecule is CCC1=C(C=O)C=C2CC2(Cc2ccc(CC)c(C(=O)OC)c2)C1. The summed E-state index contributed by atoms with van der Waals surface area (Å²) < 4.78 is 4.93. The van der Waals surface area contributed by atoms with Gasteiger partial charge in [-0.25, -0.2) is 4.79 Å². The zero-order valence-corrected chi connectivity index (χ0v) is 14.6. The van der Waals surface area contributed by atoms with Gasteiger partial charge in [0.05, 0.1) is 12.7 Å². The lowest BCUT2D eigenvalue weighted by atomic mass is 9.82. The molecule has 2 aliphatic carbocycles. The van der Waals surface area contributed by atoms with E-state index in [9.17, 15) is 9.59 Å². The normalized spacial score (nSPS) is 21.9. The van der Waals surface area contributed by atoms with Gasteiger partial charge < -0.3 is 4.74 Å². The van der Waals surface area contributed by atoms with E-state index in [1.807, 2.05) is 19.1 Å². The zero-order chi connectivity index (χ0) is 17.3. The number of aldehydes is 1. The van der Waals surface area contributed by atoms with E-state index in [2.05, 4.69) is 19.1 Å². The van der Waals surface area contributed by atoms with Crippen molar-refractivity contribution in [1.82, 2.24) is 0 Å². The number of esters is 1. The Balaban J connectivity index is 1.86. The number of hydrogen-bond acceptors (Lipinski definition) is 3. The van der Waals surface area contributed by atoms with Crippen molar-refractivity contribution in [1.29, 1.82) is 0 Å². The lowest BCUT2D eigenvalue weighted by Gasteiger charge is -2.21. The second-order valence-electron chi connectivity index (χ2n) is 6.85. The van der Waals surface area contributed by atoms with E-state index < -0.39 is 0 Å². The van der Waals surface area contributed by atoms with E-state index in [4.69, 9.17) is 4.74 Å². The molecule has 1 aromatic carbocycles. The molecule has 3 rings (SSSR count). The van der Waals surface area contributed by atoms with Crippen LogP contribution in [0.3, 0.4) is 0 Å². The Morgan fingerprint density at radius 2 is 2.04 bits per heavy atom. The molecular formula is C21H24O3. The first-order valence-corrected chi connectivity index (χ1v) is 8.65. The number of hydrogen-bond donors (Lipinski definition) is 0. The van der Waals surface area contributed by atoms with Crippen LogP contribution in [-0.2, 0) is 22.4 Å². The van der Waals surface area contributed by atoms with E-state index >= 15 is 0 Å². The maximum absolute atomic E-state index is 12.0. The molecule has 0 saturated heterocycles. The van der Waals surface area contributed by atoms with Gasteiger partial charge in [-0.2, -0.15) is 0 Å². The Morgan fingerprint density at radius 3 is 2.67 bits per heavy atom. The summed E-state index contributed by atoms with van der Waals surface area (Å²) in [5, 5.41) is 0. The van der Waals surface area contributed by atoms with E-state index in [1.54, 1.807) is 0 Å². The lowest BCUT2D eigenvalue weighted by Crippen LogP contribution is -2.13. The Bertz CT molecular complexity index is 754. The van der Waals surface area contributed by atoms with Gasteiger partial charge in [-0.05, 0) is 49.3 Å².